The fraction of sp³-hybridized carbons (Fsp3) is 0.500. The molecule has 0 bridgehead atoms. The summed E-state index contributed by atoms with van der Waals surface area (Å²) in [6.45, 7) is 5.31. The summed E-state index contributed by atoms with van der Waals surface area (Å²) in [7, 11) is 0. The van der Waals surface area contributed by atoms with Gasteiger partial charge in [0.2, 0.25) is 5.91 Å². The van der Waals surface area contributed by atoms with E-state index in [1.165, 1.54) is 0 Å². The summed E-state index contributed by atoms with van der Waals surface area (Å²) in [5, 5.41) is 7.16. The van der Waals surface area contributed by atoms with Crippen molar-refractivity contribution >= 4 is 5.91 Å². The predicted octanol–water partition coefficient (Wildman–Crippen LogP) is 1.98. The molecule has 1 N–H and O–H groups in total. The summed E-state index contributed by atoms with van der Waals surface area (Å²) in [4.78, 5) is 22.3. The molecule has 0 radical (unpaired) electrons. The van der Waals surface area contributed by atoms with Crippen molar-refractivity contribution in [1.29, 1.82) is 0 Å². The minimum atomic E-state index is 0.175. The number of amides is 1. The van der Waals surface area contributed by atoms with Crippen LogP contribution in [0.4, 0.5) is 0 Å². The van der Waals surface area contributed by atoms with Crippen LogP contribution in [0.2, 0.25) is 0 Å². The van der Waals surface area contributed by atoms with Crippen LogP contribution in [0.3, 0.4) is 0 Å². The molecule has 0 atom stereocenters. The lowest BCUT2D eigenvalue weighted by molar-refractivity contribution is -0.130. The molecule has 2 aromatic rings. The maximum atomic E-state index is 11.4. The Bertz CT molecular complexity index is 658. The zero-order valence-corrected chi connectivity index (χ0v) is 13.0. The Labute approximate surface area is 130 Å². The number of carbonyl (C=O) groups excluding carboxylic acids is 1. The second-order valence-electron chi connectivity index (χ2n) is 5.99. The largest absolute Gasteiger partial charge is 0.343 e. The summed E-state index contributed by atoms with van der Waals surface area (Å²) in [5.41, 5.74) is 3.65. The number of aryl methyl sites for hydroxylation is 1. The van der Waals surface area contributed by atoms with Gasteiger partial charge in [0, 0.05) is 31.9 Å². The Morgan fingerprint density at radius 1 is 1.32 bits per heavy atom. The maximum Gasteiger partial charge on any atom is 0.219 e. The third-order valence-electron chi connectivity index (χ3n) is 4.21. The van der Waals surface area contributed by atoms with Gasteiger partial charge in [-0.25, -0.2) is 4.98 Å². The van der Waals surface area contributed by atoms with Crippen LogP contribution in [0, 0.1) is 12.8 Å². The third kappa shape index (κ3) is 3.32. The number of rotatable bonds is 3. The topological polar surface area (TPSA) is 74.8 Å². The van der Waals surface area contributed by atoms with E-state index in [0.717, 1.165) is 55.1 Å². The van der Waals surface area contributed by atoms with Crippen molar-refractivity contribution in [2.24, 2.45) is 5.92 Å². The molecule has 3 rings (SSSR count). The summed E-state index contributed by atoms with van der Waals surface area (Å²) in [5.74, 6) is 0.746. The van der Waals surface area contributed by atoms with Gasteiger partial charge in [-0.15, -0.1) is 0 Å². The zero-order chi connectivity index (χ0) is 15.5. The highest BCUT2D eigenvalue weighted by Gasteiger charge is 2.21. The van der Waals surface area contributed by atoms with Gasteiger partial charge in [-0.3, -0.25) is 14.9 Å². The van der Waals surface area contributed by atoms with Gasteiger partial charge in [0.05, 0.1) is 11.9 Å². The monoisotopic (exact) mass is 299 g/mol. The fourth-order valence-electron chi connectivity index (χ4n) is 2.93. The number of aromatic nitrogens is 4. The Balaban J connectivity index is 1.65. The Morgan fingerprint density at radius 2 is 2.09 bits per heavy atom. The number of H-pyrrole nitrogens is 1. The lowest BCUT2D eigenvalue weighted by atomic mass is 9.92. The van der Waals surface area contributed by atoms with Crippen molar-refractivity contribution in [2.45, 2.75) is 33.1 Å². The number of piperidine rings is 1. The van der Waals surface area contributed by atoms with Gasteiger partial charge in [0.1, 0.15) is 11.4 Å². The molecule has 0 spiro atoms. The van der Waals surface area contributed by atoms with Gasteiger partial charge in [-0.1, -0.05) is 0 Å². The number of nitrogens with zero attached hydrogens (tertiary/aromatic N) is 4. The highest BCUT2D eigenvalue weighted by atomic mass is 16.2. The van der Waals surface area contributed by atoms with E-state index in [1.807, 2.05) is 24.1 Å². The van der Waals surface area contributed by atoms with Crippen LogP contribution < -0.4 is 0 Å². The molecule has 0 unspecified atom stereocenters. The normalized spacial score (nSPS) is 16.0. The van der Waals surface area contributed by atoms with Gasteiger partial charge < -0.3 is 4.90 Å². The lowest BCUT2D eigenvalue weighted by Gasteiger charge is -2.31. The van der Waals surface area contributed by atoms with E-state index in [2.05, 4.69) is 20.2 Å². The summed E-state index contributed by atoms with van der Waals surface area (Å²) in [6.07, 6.45) is 6.56. The van der Waals surface area contributed by atoms with Crippen LogP contribution in [0.25, 0.3) is 11.4 Å². The molecule has 1 fully saturated rings. The molecule has 1 aliphatic rings. The molecule has 0 saturated carbocycles. The van der Waals surface area contributed by atoms with Gasteiger partial charge in [-0.2, -0.15) is 5.10 Å². The molecule has 1 amide bonds. The first-order valence-electron chi connectivity index (χ1n) is 7.70. The average molecular weight is 299 g/mol. The zero-order valence-electron chi connectivity index (χ0n) is 13.0. The average Bonchev–Trinajstić information content (AvgIpc) is 2.95. The minimum absolute atomic E-state index is 0.175. The molecule has 2 aromatic heterocycles. The van der Waals surface area contributed by atoms with Crippen LogP contribution in [-0.4, -0.2) is 44.1 Å². The number of aromatic amines is 1. The molecule has 22 heavy (non-hydrogen) atoms. The molecule has 3 heterocycles. The Morgan fingerprint density at radius 3 is 2.73 bits per heavy atom. The van der Waals surface area contributed by atoms with Gasteiger partial charge in [0.15, 0.2) is 0 Å². The quantitative estimate of drug-likeness (QED) is 0.940. The third-order valence-corrected chi connectivity index (χ3v) is 4.21. The Hall–Kier alpha value is -2.24. The fourth-order valence-corrected chi connectivity index (χ4v) is 2.93. The van der Waals surface area contributed by atoms with Crippen LogP contribution in [0.5, 0.6) is 0 Å². The van der Waals surface area contributed by atoms with Crippen LogP contribution >= 0.6 is 0 Å². The second-order valence-corrected chi connectivity index (χ2v) is 5.99. The van der Waals surface area contributed by atoms with Crippen molar-refractivity contribution in [3.05, 3.63) is 29.8 Å². The summed E-state index contributed by atoms with van der Waals surface area (Å²) >= 11 is 0. The molecule has 0 aromatic carbocycles. The first-order chi connectivity index (χ1) is 10.6. The number of likely N-dealkylation sites (tertiary alicyclic amines) is 1. The number of nitrogens with one attached hydrogen (secondary N) is 1. The number of hydrogen-bond donors (Lipinski definition) is 1. The van der Waals surface area contributed by atoms with Gasteiger partial charge in [0.25, 0.3) is 0 Å². The first-order valence-corrected chi connectivity index (χ1v) is 7.70. The molecule has 0 aliphatic carbocycles. The van der Waals surface area contributed by atoms with Crippen molar-refractivity contribution in [2.75, 3.05) is 13.1 Å². The van der Waals surface area contributed by atoms with Crippen molar-refractivity contribution in [3.8, 4) is 11.4 Å². The van der Waals surface area contributed by atoms with E-state index in [1.54, 1.807) is 13.1 Å². The van der Waals surface area contributed by atoms with E-state index < -0.39 is 0 Å². The molecule has 1 saturated heterocycles. The van der Waals surface area contributed by atoms with Gasteiger partial charge in [-0.05, 0) is 38.2 Å². The SMILES string of the molecule is CC(=O)N1CCC(Cc2cncc(-c3cc(C)[nH]n3)n2)CC1. The Kier molecular flexibility index (Phi) is 4.18. The molecule has 6 heteroatoms. The highest BCUT2D eigenvalue weighted by molar-refractivity contribution is 5.73. The molecule has 6 nitrogen and oxygen atoms in total. The molecule has 1 aliphatic heterocycles. The summed E-state index contributed by atoms with van der Waals surface area (Å²) in [6, 6.07) is 1.97. The number of carbonyl (C=O) groups is 1. The van der Waals surface area contributed by atoms with Crippen molar-refractivity contribution < 1.29 is 4.79 Å². The summed E-state index contributed by atoms with van der Waals surface area (Å²) < 4.78 is 0. The van der Waals surface area contributed by atoms with E-state index in [-0.39, 0.29) is 5.91 Å². The molecular formula is C16H21N5O. The second kappa shape index (κ2) is 6.25. The minimum Gasteiger partial charge on any atom is -0.343 e. The maximum absolute atomic E-state index is 11.4. The molecule has 116 valence electrons. The van der Waals surface area contributed by atoms with Crippen molar-refractivity contribution in [3.63, 3.8) is 0 Å². The van der Waals surface area contributed by atoms with Crippen LogP contribution in [-0.2, 0) is 11.2 Å². The highest BCUT2D eigenvalue weighted by Crippen LogP contribution is 2.22. The van der Waals surface area contributed by atoms with E-state index in [9.17, 15) is 4.79 Å². The van der Waals surface area contributed by atoms with Crippen molar-refractivity contribution in [1.82, 2.24) is 25.1 Å². The lowest BCUT2D eigenvalue weighted by Crippen LogP contribution is -2.37. The van der Waals surface area contributed by atoms with Crippen LogP contribution in [0.1, 0.15) is 31.2 Å². The standard InChI is InChI=1S/C16H21N5O/c1-11-7-15(20-19-11)16-10-17-9-14(18-16)8-13-3-5-21(6-4-13)12(2)22/h7,9-10,13H,3-6,8H2,1-2H3,(H,19,20). The van der Waals surface area contributed by atoms with E-state index >= 15 is 0 Å². The van der Waals surface area contributed by atoms with E-state index in [4.69, 9.17) is 0 Å². The smallest absolute Gasteiger partial charge is 0.219 e. The van der Waals surface area contributed by atoms with Crippen LogP contribution in [0.15, 0.2) is 18.5 Å². The molecular weight excluding hydrogens is 278 g/mol. The van der Waals surface area contributed by atoms with E-state index in [0.29, 0.717) is 5.92 Å². The van der Waals surface area contributed by atoms with Gasteiger partial charge >= 0.3 is 0 Å². The number of hydrogen-bond acceptors (Lipinski definition) is 4. The first kappa shape index (κ1) is 14.7. The predicted molar refractivity (Wildman–Crippen MR) is 83.0 cm³/mol.